The van der Waals surface area contributed by atoms with Gasteiger partial charge in [0.1, 0.15) is 0 Å². The van der Waals surface area contributed by atoms with Crippen molar-refractivity contribution in [2.45, 2.75) is 32.9 Å². The van der Waals surface area contributed by atoms with Gasteiger partial charge in [0.05, 0.1) is 6.54 Å². The first kappa shape index (κ1) is 15.2. The van der Waals surface area contributed by atoms with Crippen molar-refractivity contribution in [1.82, 2.24) is 4.90 Å². The Balaban J connectivity index is 2.71. The van der Waals surface area contributed by atoms with Gasteiger partial charge in [0, 0.05) is 36.2 Å². The van der Waals surface area contributed by atoms with Crippen LogP contribution in [0.25, 0.3) is 0 Å². The van der Waals surface area contributed by atoms with Crippen LogP contribution in [-0.2, 0) is 6.54 Å². The molecular formula is C14H22N2OS. The second kappa shape index (κ2) is 8.28. The van der Waals surface area contributed by atoms with E-state index in [1.807, 2.05) is 6.07 Å². The van der Waals surface area contributed by atoms with Crippen LogP contribution in [0.5, 0.6) is 0 Å². The molecule has 100 valence electrons. The SMILES string of the molecule is CC(C)N(CCCO)Cc1sccc1C#CCN. The Hall–Kier alpha value is -0.860. The van der Waals surface area contributed by atoms with E-state index < -0.39 is 0 Å². The number of aliphatic hydroxyl groups is 1. The highest BCUT2D eigenvalue weighted by molar-refractivity contribution is 7.10. The first-order valence-electron chi connectivity index (χ1n) is 6.29. The molecule has 0 saturated carbocycles. The van der Waals surface area contributed by atoms with Gasteiger partial charge in [0.2, 0.25) is 0 Å². The molecule has 1 heterocycles. The molecule has 0 unspecified atom stereocenters. The first-order valence-corrected chi connectivity index (χ1v) is 7.17. The summed E-state index contributed by atoms with van der Waals surface area (Å²) in [6.07, 6.45) is 0.813. The van der Waals surface area contributed by atoms with Gasteiger partial charge in [0.25, 0.3) is 0 Å². The lowest BCUT2D eigenvalue weighted by Gasteiger charge is -2.25. The Morgan fingerprint density at radius 1 is 1.50 bits per heavy atom. The first-order chi connectivity index (χ1) is 8.69. The molecule has 0 fully saturated rings. The van der Waals surface area contributed by atoms with Crippen LogP contribution >= 0.6 is 11.3 Å². The molecule has 0 aromatic carbocycles. The molecule has 3 N–H and O–H groups in total. The minimum atomic E-state index is 0.244. The zero-order valence-electron chi connectivity index (χ0n) is 11.1. The maximum absolute atomic E-state index is 8.93. The number of aliphatic hydroxyl groups excluding tert-OH is 1. The molecule has 0 spiro atoms. The molecule has 3 nitrogen and oxygen atoms in total. The van der Waals surface area contributed by atoms with Gasteiger partial charge < -0.3 is 10.8 Å². The fourth-order valence-corrected chi connectivity index (χ4v) is 2.55. The molecule has 0 amide bonds. The molecule has 1 rings (SSSR count). The molecule has 0 aliphatic heterocycles. The Morgan fingerprint density at radius 2 is 2.28 bits per heavy atom. The molecule has 0 radical (unpaired) electrons. The van der Waals surface area contributed by atoms with E-state index in [0.717, 1.165) is 25.1 Å². The molecular weight excluding hydrogens is 244 g/mol. The predicted octanol–water partition coefficient (Wildman–Crippen LogP) is 1.65. The van der Waals surface area contributed by atoms with Crippen LogP contribution in [0.15, 0.2) is 11.4 Å². The summed E-state index contributed by atoms with van der Waals surface area (Å²) in [5.74, 6) is 6.02. The predicted molar refractivity (Wildman–Crippen MR) is 77.5 cm³/mol. The topological polar surface area (TPSA) is 49.5 Å². The van der Waals surface area contributed by atoms with Crippen molar-refractivity contribution in [2.24, 2.45) is 5.73 Å². The van der Waals surface area contributed by atoms with Crippen LogP contribution in [-0.4, -0.2) is 35.7 Å². The zero-order valence-corrected chi connectivity index (χ0v) is 12.0. The highest BCUT2D eigenvalue weighted by Gasteiger charge is 2.12. The Kier molecular flexibility index (Phi) is 6.99. The van der Waals surface area contributed by atoms with Gasteiger partial charge in [-0.15, -0.1) is 11.3 Å². The summed E-state index contributed by atoms with van der Waals surface area (Å²) < 4.78 is 0. The summed E-state index contributed by atoms with van der Waals surface area (Å²) in [4.78, 5) is 3.64. The lowest BCUT2D eigenvalue weighted by atomic mass is 10.2. The third-order valence-corrected chi connectivity index (χ3v) is 3.66. The number of nitrogens with zero attached hydrogens (tertiary/aromatic N) is 1. The van der Waals surface area contributed by atoms with E-state index in [-0.39, 0.29) is 6.61 Å². The van der Waals surface area contributed by atoms with Gasteiger partial charge in [-0.1, -0.05) is 11.8 Å². The standard InChI is InChI=1S/C14H22N2OS/c1-12(2)16(8-4-9-17)11-14-13(5-3-7-15)6-10-18-14/h6,10,12,17H,4,7-9,11,15H2,1-2H3. The number of hydrogen-bond acceptors (Lipinski definition) is 4. The largest absolute Gasteiger partial charge is 0.396 e. The summed E-state index contributed by atoms with van der Waals surface area (Å²) in [6, 6.07) is 2.52. The third kappa shape index (κ3) is 4.79. The van der Waals surface area contributed by atoms with E-state index in [9.17, 15) is 0 Å². The normalized spacial score (nSPS) is 10.8. The second-order valence-corrected chi connectivity index (χ2v) is 5.41. The lowest BCUT2D eigenvalue weighted by Crippen LogP contribution is -2.31. The van der Waals surface area contributed by atoms with E-state index in [1.165, 1.54) is 4.88 Å². The second-order valence-electron chi connectivity index (χ2n) is 4.40. The van der Waals surface area contributed by atoms with E-state index in [4.69, 9.17) is 10.8 Å². The minimum Gasteiger partial charge on any atom is -0.396 e. The lowest BCUT2D eigenvalue weighted by molar-refractivity contribution is 0.186. The van der Waals surface area contributed by atoms with E-state index in [0.29, 0.717) is 12.6 Å². The summed E-state index contributed by atoms with van der Waals surface area (Å²) in [7, 11) is 0. The maximum Gasteiger partial charge on any atom is 0.0555 e. The van der Waals surface area contributed by atoms with Crippen LogP contribution in [0.2, 0.25) is 0 Å². The molecule has 1 aromatic rings. The zero-order chi connectivity index (χ0) is 13.4. The Morgan fingerprint density at radius 3 is 2.89 bits per heavy atom. The van der Waals surface area contributed by atoms with Crippen LogP contribution in [0.1, 0.15) is 30.7 Å². The van der Waals surface area contributed by atoms with Crippen molar-refractivity contribution >= 4 is 11.3 Å². The maximum atomic E-state index is 8.93. The Labute approximate surface area is 114 Å². The fraction of sp³-hybridized carbons (Fsp3) is 0.571. The van der Waals surface area contributed by atoms with Crippen LogP contribution in [0, 0.1) is 11.8 Å². The average Bonchev–Trinajstić information content (AvgIpc) is 2.78. The summed E-state index contributed by atoms with van der Waals surface area (Å²) in [5.41, 5.74) is 6.49. The summed E-state index contributed by atoms with van der Waals surface area (Å²) >= 11 is 1.73. The van der Waals surface area contributed by atoms with Crippen LogP contribution in [0.3, 0.4) is 0 Å². The minimum absolute atomic E-state index is 0.244. The number of thiophene rings is 1. The number of hydrogen-bond donors (Lipinski definition) is 2. The van der Waals surface area contributed by atoms with Crippen LogP contribution in [0.4, 0.5) is 0 Å². The quantitative estimate of drug-likeness (QED) is 0.770. The van der Waals surface area contributed by atoms with Gasteiger partial charge >= 0.3 is 0 Å². The molecule has 0 atom stereocenters. The van der Waals surface area contributed by atoms with Crippen molar-refractivity contribution in [3.63, 3.8) is 0 Å². The highest BCUT2D eigenvalue weighted by Crippen LogP contribution is 2.19. The molecule has 0 aliphatic rings. The van der Waals surface area contributed by atoms with Crippen molar-refractivity contribution in [3.8, 4) is 11.8 Å². The van der Waals surface area contributed by atoms with Crippen molar-refractivity contribution in [1.29, 1.82) is 0 Å². The summed E-state index contributed by atoms with van der Waals surface area (Å²) in [5, 5.41) is 11.0. The van der Waals surface area contributed by atoms with Gasteiger partial charge in [0.15, 0.2) is 0 Å². The number of rotatable bonds is 6. The monoisotopic (exact) mass is 266 g/mol. The fourth-order valence-electron chi connectivity index (χ4n) is 1.70. The van der Waals surface area contributed by atoms with Gasteiger partial charge in [-0.2, -0.15) is 0 Å². The highest BCUT2D eigenvalue weighted by atomic mass is 32.1. The molecule has 0 aliphatic carbocycles. The van der Waals surface area contributed by atoms with Crippen LogP contribution < -0.4 is 5.73 Å². The number of nitrogens with two attached hydrogens (primary N) is 1. The molecule has 0 bridgehead atoms. The Bertz CT molecular complexity index is 403. The van der Waals surface area contributed by atoms with E-state index >= 15 is 0 Å². The smallest absolute Gasteiger partial charge is 0.0555 e. The molecule has 4 heteroatoms. The van der Waals surface area contributed by atoms with Crippen molar-refractivity contribution in [3.05, 3.63) is 21.9 Å². The molecule has 0 saturated heterocycles. The average molecular weight is 266 g/mol. The summed E-state index contributed by atoms with van der Waals surface area (Å²) in [6.45, 7) is 6.80. The van der Waals surface area contributed by atoms with Gasteiger partial charge in [-0.05, 0) is 31.7 Å². The van der Waals surface area contributed by atoms with Crippen molar-refractivity contribution < 1.29 is 5.11 Å². The van der Waals surface area contributed by atoms with E-state index in [1.54, 1.807) is 11.3 Å². The van der Waals surface area contributed by atoms with E-state index in [2.05, 4.69) is 36.0 Å². The van der Waals surface area contributed by atoms with Gasteiger partial charge in [-0.25, -0.2) is 0 Å². The molecule has 18 heavy (non-hydrogen) atoms. The van der Waals surface area contributed by atoms with Crippen molar-refractivity contribution in [2.75, 3.05) is 19.7 Å². The molecule has 1 aromatic heterocycles. The van der Waals surface area contributed by atoms with Gasteiger partial charge in [-0.3, -0.25) is 4.90 Å². The third-order valence-electron chi connectivity index (χ3n) is 2.75.